The van der Waals surface area contributed by atoms with Gasteiger partial charge in [0.2, 0.25) is 0 Å². The molecule has 0 spiro atoms. The van der Waals surface area contributed by atoms with Gasteiger partial charge in [-0.1, -0.05) is 18.6 Å². The summed E-state index contributed by atoms with van der Waals surface area (Å²) in [5.74, 6) is 1.10. The summed E-state index contributed by atoms with van der Waals surface area (Å²) in [4.78, 5) is 18.6. The predicted molar refractivity (Wildman–Crippen MR) is 91.0 cm³/mol. The van der Waals surface area contributed by atoms with Gasteiger partial charge in [-0.3, -0.25) is 9.78 Å². The zero-order valence-electron chi connectivity index (χ0n) is 13.6. The van der Waals surface area contributed by atoms with Gasteiger partial charge in [-0.2, -0.15) is 0 Å². The van der Waals surface area contributed by atoms with Gasteiger partial charge in [-0.25, -0.2) is 4.39 Å². The lowest BCUT2D eigenvalue weighted by Gasteiger charge is -2.41. The molecule has 0 radical (unpaired) electrons. The van der Waals surface area contributed by atoms with E-state index in [2.05, 4.69) is 4.98 Å². The first-order valence-electron chi connectivity index (χ1n) is 8.70. The lowest BCUT2D eigenvalue weighted by atomic mass is 9.78. The number of pyridine rings is 1. The van der Waals surface area contributed by atoms with Crippen LogP contribution in [0.4, 0.5) is 4.39 Å². The van der Waals surface area contributed by atoms with Crippen molar-refractivity contribution < 1.29 is 9.18 Å². The summed E-state index contributed by atoms with van der Waals surface area (Å²) < 4.78 is 13.8. The Morgan fingerprint density at radius 1 is 1.08 bits per heavy atom. The van der Waals surface area contributed by atoms with Crippen LogP contribution in [0.15, 0.2) is 42.7 Å². The van der Waals surface area contributed by atoms with Crippen LogP contribution in [0.25, 0.3) is 11.1 Å². The number of amides is 1. The molecule has 1 aliphatic carbocycles. The molecule has 4 heteroatoms. The first-order valence-corrected chi connectivity index (χ1v) is 8.70. The number of carbonyl (C=O) groups is 1. The molecule has 2 aromatic rings. The van der Waals surface area contributed by atoms with Crippen molar-refractivity contribution in [2.75, 3.05) is 13.1 Å². The van der Waals surface area contributed by atoms with Crippen molar-refractivity contribution in [2.24, 2.45) is 11.8 Å². The minimum absolute atomic E-state index is 0.105. The molecule has 2 atom stereocenters. The van der Waals surface area contributed by atoms with Crippen LogP contribution in [0.1, 0.15) is 36.0 Å². The second-order valence-electron chi connectivity index (χ2n) is 7.04. The molecule has 0 N–H and O–H groups in total. The fourth-order valence-corrected chi connectivity index (χ4v) is 4.18. The summed E-state index contributed by atoms with van der Waals surface area (Å²) in [6.45, 7) is 1.77. The first-order chi connectivity index (χ1) is 11.7. The van der Waals surface area contributed by atoms with Crippen LogP contribution in [0, 0.1) is 17.7 Å². The Hall–Kier alpha value is -2.23. The number of piperidine rings is 1. The summed E-state index contributed by atoms with van der Waals surface area (Å²) in [5.41, 5.74) is 1.96. The smallest absolute Gasteiger partial charge is 0.253 e. The monoisotopic (exact) mass is 324 g/mol. The fourth-order valence-electron chi connectivity index (χ4n) is 4.18. The molecule has 1 aromatic carbocycles. The van der Waals surface area contributed by atoms with E-state index in [0.717, 1.165) is 18.7 Å². The standard InChI is InChI=1S/C20H21FN2O/c21-19-11-22-9-8-18(19)16-4-6-17(7-5-16)20(24)23-12-14-2-1-3-15(10-14)13-23/h4-9,11,14-15H,1-3,10,12-13H2. The Morgan fingerprint density at radius 2 is 1.79 bits per heavy atom. The van der Waals surface area contributed by atoms with Gasteiger partial charge in [-0.05, 0) is 54.9 Å². The third kappa shape index (κ3) is 2.93. The predicted octanol–water partition coefficient (Wildman–Crippen LogP) is 4.15. The molecule has 1 aliphatic heterocycles. The zero-order valence-corrected chi connectivity index (χ0v) is 13.6. The van der Waals surface area contributed by atoms with Crippen LogP contribution in [-0.2, 0) is 0 Å². The zero-order chi connectivity index (χ0) is 16.5. The quantitative estimate of drug-likeness (QED) is 0.831. The Bertz CT molecular complexity index is 732. The van der Waals surface area contributed by atoms with Gasteiger partial charge in [-0.15, -0.1) is 0 Å². The van der Waals surface area contributed by atoms with E-state index in [1.165, 1.54) is 31.9 Å². The molecule has 2 fully saturated rings. The molecular formula is C20H21FN2O. The van der Waals surface area contributed by atoms with Crippen molar-refractivity contribution in [3.63, 3.8) is 0 Å². The Morgan fingerprint density at radius 3 is 2.46 bits per heavy atom. The SMILES string of the molecule is O=C(c1ccc(-c2ccncc2F)cc1)N1CC2CCCC(C2)C1. The average molecular weight is 324 g/mol. The van der Waals surface area contributed by atoms with E-state index in [1.54, 1.807) is 12.3 Å². The van der Waals surface area contributed by atoms with Crippen LogP contribution >= 0.6 is 0 Å². The number of nitrogens with zero attached hydrogens (tertiary/aromatic N) is 2. The second kappa shape index (κ2) is 6.34. The summed E-state index contributed by atoms with van der Waals surface area (Å²) >= 11 is 0. The van der Waals surface area contributed by atoms with Crippen LogP contribution in [0.2, 0.25) is 0 Å². The number of aromatic nitrogens is 1. The third-order valence-corrected chi connectivity index (χ3v) is 5.35. The summed E-state index contributed by atoms with van der Waals surface area (Å²) in [7, 11) is 0. The van der Waals surface area contributed by atoms with E-state index in [4.69, 9.17) is 0 Å². The molecule has 2 heterocycles. The number of halogens is 1. The van der Waals surface area contributed by atoms with Crippen molar-refractivity contribution in [3.8, 4) is 11.1 Å². The van der Waals surface area contributed by atoms with E-state index in [0.29, 0.717) is 23.0 Å². The number of hydrogen-bond acceptors (Lipinski definition) is 2. The fraction of sp³-hybridized carbons (Fsp3) is 0.400. The number of hydrogen-bond donors (Lipinski definition) is 0. The molecule has 3 nitrogen and oxygen atoms in total. The molecule has 4 rings (SSSR count). The van der Waals surface area contributed by atoms with Gasteiger partial charge in [0.1, 0.15) is 5.82 Å². The minimum atomic E-state index is -0.347. The molecule has 2 unspecified atom stereocenters. The number of fused-ring (bicyclic) bond motifs is 2. The van der Waals surface area contributed by atoms with E-state index < -0.39 is 0 Å². The normalized spacial score (nSPS) is 23.1. The lowest BCUT2D eigenvalue weighted by Crippen LogP contribution is -2.45. The summed E-state index contributed by atoms with van der Waals surface area (Å²) in [6, 6.07) is 8.90. The Balaban J connectivity index is 1.52. The Labute approximate surface area is 141 Å². The summed E-state index contributed by atoms with van der Waals surface area (Å²) in [6.07, 6.45) is 7.87. The van der Waals surface area contributed by atoms with Crippen molar-refractivity contribution in [2.45, 2.75) is 25.7 Å². The highest BCUT2D eigenvalue weighted by Gasteiger charge is 2.32. The third-order valence-electron chi connectivity index (χ3n) is 5.35. The number of rotatable bonds is 2. The van der Waals surface area contributed by atoms with Crippen LogP contribution in [0.3, 0.4) is 0 Å². The van der Waals surface area contributed by atoms with E-state index in [1.807, 2.05) is 29.2 Å². The van der Waals surface area contributed by atoms with Crippen molar-refractivity contribution in [1.82, 2.24) is 9.88 Å². The molecule has 1 aromatic heterocycles. The average Bonchev–Trinajstić information content (AvgIpc) is 2.61. The van der Waals surface area contributed by atoms with Crippen LogP contribution < -0.4 is 0 Å². The van der Waals surface area contributed by atoms with E-state index in [-0.39, 0.29) is 11.7 Å². The maximum Gasteiger partial charge on any atom is 0.253 e. The number of carbonyl (C=O) groups excluding carboxylic acids is 1. The molecule has 1 saturated carbocycles. The van der Waals surface area contributed by atoms with Gasteiger partial charge in [0.25, 0.3) is 5.91 Å². The summed E-state index contributed by atoms with van der Waals surface area (Å²) in [5, 5.41) is 0. The molecule has 1 saturated heterocycles. The minimum Gasteiger partial charge on any atom is -0.338 e. The van der Waals surface area contributed by atoms with Gasteiger partial charge in [0.15, 0.2) is 0 Å². The molecule has 1 amide bonds. The molecular weight excluding hydrogens is 303 g/mol. The van der Waals surface area contributed by atoms with Crippen molar-refractivity contribution in [1.29, 1.82) is 0 Å². The maximum absolute atomic E-state index is 13.8. The highest BCUT2D eigenvalue weighted by atomic mass is 19.1. The molecule has 2 bridgehead atoms. The molecule has 124 valence electrons. The largest absolute Gasteiger partial charge is 0.338 e. The van der Waals surface area contributed by atoms with Crippen molar-refractivity contribution in [3.05, 3.63) is 54.1 Å². The van der Waals surface area contributed by atoms with Gasteiger partial charge >= 0.3 is 0 Å². The van der Waals surface area contributed by atoms with Crippen LogP contribution in [-0.4, -0.2) is 28.9 Å². The number of benzene rings is 1. The highest BCUT2D eigenvalue weighted by Crippen LogP contribution is 2.35. The lowest BCUT2D eigenvalue weighted by molar-refractivity contribution is 0.0504. The van der Waals surface area contributed by atoms with E-state index in [9.17, 15) is 9.18 Å². The van der Waals surface area contributed by atoms with E-state index >= 15 is 0 Å². The topological polar surface area (TPSA) is 33.2 Å². The first kappa shape index (κ1) is 15.3. The van der Waals surface area contributed by atoms with Gasteiger partial charge in [0, 0.05) is 30.4 Å². The Kier molecular flexibility index (Phi) is 4.05. The van der Waals surface area contributed by atoms with Crippen LogP contribution in [0.5, 0.6) is 0 Å². The van der Waals surface area contributed by atoms with Gasteiger partial charge in [0.05, 0.1) is 6.20 Å². The molecule has 24 heavy (non-hydrogen) atoms. The second-order valence-corrected chi connectivity index (χ2v) is 7.04. The molecule has 2 aliphatic rings. The van der Waals surface area contributed by atoms with Crippen molar-refractivity contribution >= 4 is 5.91 Å². The maximum atomic E-state index is 13.8. The number of likely N-dealkylation sites (tertiary alicyclic amines) is 1. The van der Waals surface area contributed by atoms with Gasteiger partial charge < -0.3 is 4.90 Å². The highest BCUT2D eigenvalue weighted by molar-refractivity contribution is 5.94.